The van der Waals surface area contributed by atoms with Crippen LogP contribution in [0.5, 0.6) is 0 Å². The van der Waals surface area contributed by atoms with Crippen LogP contribution in [0.2, 0.25) is 0 Å². The largest absolute Gasteiger partial charge is 0.321 e. The molecule has 0 aliphatic heterocycles. The maximum atomic E-state index is 5.31. The number of para-hydroxylation sites is 1. The van der Waals surface area contributed by atoms with Crippen molar-refractivity contribution in [2.45, 2.75) is 6.92 Å². The van der Waals surface area contributed by atoms with Crippen molar-refractivity contribution in [1.29, 1.82) is 0 Å². The number of hydrogen-bond acceptors (Lipinski definition) is 4. The third-order valence-corrected chi connectivity index (χ3v) is 3.66. The Bertz CT molecular complexity index is 718. The molecule has 3 N–H and O–H groups in total. The van der Waals surface area contributed by atoms with E-state index in [9.17, 15) is 0 Å². The van der Waals surface area contributed by atoms with Gasteiger partial charge in [-0.3, -0.25) is 21.3 Å². The third kappa shape index (κ3) is 5.25. The van der Waals surface area contributed by atoms with Crippen molar-refractivity contribution in [2.24, 2.45) is 5.10 Å². The van der Waals surface area contributed by atoms with Crippen LogP contribution in [0.3, 0.4) is 0 Å². The first-order valence-electron chi connectivity index (χ1n) is 7.18. The predicted octanol–water partition coefficient (Wildman–Crippen LogP) is 2.20. The quantitative estimate of drug-likeness (QED) is 0.442. The summed E-state index contributed by atoms with van der Waals surface area (Å²) in [5, 5.41) is 4.96. The van der Waals surface area contributed by atoms with E-state index in [0.29, 0.717) is 10.2 Å². The SMILES string of the molecule is C/C(=N\NC(=S)NNC(=S)N(C)c1ccccc1)c1ccccn1. The second-order valence-electron chi connectivity index (χ2n) is 4.80. The molecule has 0 aliphatic rings. The first kappa shape index (κ1) is 17.8. The second kappa shape index (κ2) is 8.90. The predicted molar refractivity (Wildman–Crippen MR) is 106 cm³/mol. The first-order valence-corrected chi connectivity index (χ1v) is 8.00. The van der Waals surface area contributed by atoms with Crippen molar-refractivity contribution in [3.05, 3.63) is 60.4 Å². The molecule has 1 aromatic carbocycles. The molecule has 2 rings (SSSR count). The Morgan fingerprint density at radius 2 is 1.75 bits per heavy atom. The number of pyridine rings is 1. The number of anilines is 1. The molecule has 24 heavy (non-hydrogen) atoms. The summed E-state index contributed by atoms with van der Waals surface area (Å²) >= 11 is 10.5. The summed E-state index contributed by atoms with van der Waals surface area (Å²) in [4.78, 5) is 6.04. The minimum absolute atomic E-state index is 0.300. The lowest BCUT2D eigenvalue weighted by molar-refractivity contribution is 0.823. The fraction of sp³-hybridized carbons (Fsp3) is 0.125. The van der Waals surface area contributed by atoms with E-state index in [1.54, 1.807) is 6.20 Å². The molecule has 1 aromatic heterocycles. The molecule has 0 bridgehead atoms. The number of hydrogen-bond donors (Lipinski definition) is 3. The molecule has 0 saturated carbocycles. The smallest absolute Gasteiger partial charge is 0.205 e. The zero-order chi connectivity index (χ0) is 17.4. The van der Waals surface area contributed by atoms with Crippen LogP contribution in [0.4, 0.5) is 5.69 Å². The van der Waals surface area contributed by atoms with E-state index in [1.807, 2.05) is 67.4 Å². The monoisotopic (exact) mass is 358 g/mol. The zero-order valence-electron chi connectivity index (χ0n) is 13.4. The molecule has 0 radical (unpaired) electrons. The molecule has 0 spiro atoms. The van der Waals surface area contributed by atoms with E-state index in [4.69, 9.17) is 24.4 Å². The van der Waals surface area contributed by atoms with Crippen LogP contribution in [0.15, 0.2) is 59.8 Å². The van der Waals surface area contributed by atoms with E-state index in [1.165, 1.54) is 0 Å². The van der Waals surface area contributed by atoms with Crippen LogP contribution in [-0.2, 0) is 0 Å². The molecule has 8 heteroatoms. The molecule has 2 aromatic rings. The zero-order valence-corrected chi connectivity index (χ0v) is 15.0. The summed E-state index contributed by atoms with van der Waals surface area (Å²) in [5.41, 5.74) is 10.9. The highest BCUT2D eigenvalue weighted by Crippen LogP contribution is 2.10. The summed E-state index contributed by atoms with van der Waals surface area (Å²) < 4.78 is 0. The summed E-state index contributed by atoms with van der Waals surface area (Å²) in [6.07, 6.45) is 1.71. The topological polar surface area (TPSA) is 64.6 Å². The molecule has 0 fully saturated rings. The van der Waals surface area contributed by atoms with Gasteiger partial charge in [0.2, 0.25) is 5.11 Å². The van der Waals surface area contributed by atoms with Crippen molar-refractivity contribution < 1.29 is 0 Å². The summed E-state index contributed by atoms with van der Waals surface area (Å²) in [5.74, 6) is 0. The van der Waals surface area contributed by atoms with Crippen molar-refractivity contribution in [2.75, 3.05) is 11.9 Å². The van der Waals surface area contributed by atoms with Gasteiger partial charge in [0.15, 0.2) is 5.11 Å². The Labute approximate surface area is 151 Å². The Kier molecular flexibility index (Phi) is 6.59. The molecule has 0 saturated heterocycles. The van der Waals surface area contributed by atoms with Gasteiger partial charge in [0.05, 0.1) is 11.4 Å². The molecule has 0 amide bonds. The average molecular weight is 358 g/mol. The van der Waals surface area contributed by atoms with Gasteiger partial charge in [0.1, 0.15) is 0 Å². The highest BCUT2D eigenvalue weighted by molar-refractivity contribution is 7.80. The normalized spacial score (nSPS) is 10.7. The number of hydrazine groups is 1. The van der Waals surface area contributed by atoms with Gasteiger partial charge in [-0.05, 0) is 55.6 Å². The molecule has 124 valence electrons. The maximum absolute atomic E-state index is 5.31. The van der Waals surface area contributed by atoms with E-state index >= 15 is 0 Å². The van der Waals surface area contributed by atoms with E-state index in [0.717, 1.165) is 17.1 Å². The number of hydrazone groups is 1. The number of aromatic nitrogens is 1. The highest BCUT2D eigenvalue weighted by atomic mass is 32.1. The Hall–Kier alpha value is -2.58. The van der Waals surface area contributed by atoms with Crippen LogP contribution < -0.4 is 21.2 Å². The van der Waals surface area contributed by atoms with Crippen LogP contribution in [0.25, 0.3) is 0 Å². The van der Waals surface area contributed by atoms with Crippen molar-refractivity contribution in [1.82, 2.24) is 21.3 Å². The fourth-order valence-electron chi connectivity index (χ4n) is 1.76. The summed E-state index contributed by atoms with van der Waals surface area (Å²) in [6.45, 7) is 1.85. The lowest BCUT2D eigenvalue weighted by atomic mass is 10.3. The lowest BCUT2D eigenvalue weighted by Gasteiger charge is -2.21. The Morgan fingerprint density at radius 3 is 2.42 bits per heavy atom. The van der Waals surface area contributed by atoms with Crippen molar-refractivity contribution in [3.8, 4) is 0 Å². The van der Waals surface area contributed by atoms with Crippen LogP contribution in [0, 0.1) is 0 Å². The van der Waals surface area contributed by atoms with Gasteiger partial charge in [0, 0.05) is 18.9 Å². The number of rotatable bonds is 3. The molecule has 0 unspecified atom stereocenters. The molecule has 0 atom stereocenters. The average Bonchev–Trinajstić information content (AvgIpc) is 2.64. The van der Waals surface area contributed by atoms with Gasteiger partial charge in [-0.25, -0.2) is 0 Å². The standard InChI is InChI=1S/C16H18N6S2/c1-12(14-10-6-7-11-17-14)18-19-15(23)20-21-16(24)22(2)13-8-4-3-5-9-13/h3-11H,1-2H3,(H,21,24)(H2,19,20,23)/b18-12+. The summed E-state index contributed by atoms with van der Waals surface area (Å²) in [7, 11) is 1.87. The lowest BCUT2D eigenvalue weighted by Crippen LogP contribution is -2.50. The van der Waals surface area contributed by atoms with Crippen LogP contribution in [0.1, 0.15) is 12.6 Å². The van der Waals surface area contributed by atoms with E-state index in [2.05, 4.69) is 26.4 Å². The van der Waals surface area contributed by atoms with Gasteiger partial charge >= 0.3 is 0 Å². The molecule has 1 heterocycles. The molecular weight excluding hydrogens is 340 g/mol. The highest BCUT2D eigenvalue weighted by Gasteiger charge is 2.06. The van der Waals surface area contributed by atoms with Gasteiger partial charge in [-0.1, -0.05) is 24.3 Å². The van der Waals surface area contributed by atoms with Gasteiger partial charge in [-0.15, -0.1) is 0 Å². The van der Waals surface area contributed by atoms with Crippen LogP contribution >= 0.6 is 24.4 Å². The maximum Gasteiger partial charge on any atom is 0.205 e. The van der Waals surface area contributed by atoms with Gasteiger partial charge in [-0.2, -0.15) is 5.10 Å². The van der Waals surface area contributed by atoms with Crippen molar-refractivity contribution >= 4 is 46.1 Å². The first-order chi connectivity index (χ1) is 11.6. The van der Waals surface area contributed by atoms with Gasteiger partial charge < -0.3 is 4.90 Å². The summed E-state index contributed by atoms with van der Waals surface area (Å²) in [6, 6.07) is 15.4. The second-order valence-corrected chi connectivity index (χ2v) is 5.60. The molecular formula is C16H18N6S2. The number of nitrogens with zero attached hydrogens (tertiary/aromatic N) is 3. The number of nitrogens with one attached hydrogen (secondary N) is 3. The van der Waals surface area contributed by atoms with Crippen molar-refractivity contribution in [3.63, 3.8) is 0 Å². The number of thiocarbonyl (C=S) groups is 2. The molecule has 6 nitrogen and oxygen atoms in total. The minimum Gasteiger partial charge on any atom is -0.321 e. The minimum atomic E-state index is 0.300. The molecule has 0 aliphatic carbocycles. The fourth-order valence-corrected chi connectivity index (χ4v) is 2.01. The third-order valence-electron chi connectivity index (χ3n) is 3.09. The van der Waals surface area contributed by atoms with Crippen LogP contribution in [-0.4, -0.2) is 28.0 Å². The van der Waals surface area contributed by atoms with Gasteiger partial charge in [0.25, 0.3) is 0 Å². The Morgan fingerprint density at radius 1 is 1.04 bits per heavy atom. The number of benzene rings is 1. The van der Waals surface area contributed by atoms with E-state index in [-0.39, 0.29) is 0 Å². The Balaban J connectivity index is 1.82. The van der Waals surface area contributed by atoms with E-state index < -0.39 is 0 Å².